The van der Waals surface area contributed by atoms with Gasteiger partial charge in [-0.3, -0.25) is 0 Å². The van der Waals surface area contributed by atoms with Crippen LogP contribution in [0.2, 0.25) is 0 Å². The lowest BCUT2D eigenvalue weighted by Gasteiger charge is -2.33. The minimum Gasteiger partial charge on any atom is -0.372 e. The number of ether oxygens (including phenoxy) is 1. The van der Waals surface area contributed by atoms with Crippen LogP contribution in [0.1, 0.15) is 33.1 Å². The van der Waals surface area contributed by atoms with Crippen molar-refractivity contribution in [3.8, 4) is 0 Å². The molecule has 0 saturated carbocycles. The molecule has 1 aliphatic heterocycles. The highest BCUT2D eigenvalue weighted by Gasteiger charge is 2.26. The molecule has 1 fully saturated rings. The van der Waals surface area contributed by atoms with Crippen LogP contribution in [0.25, 0.3) is 0 Å². The summed E-state index contributed by atoms with van der Waals surface area (Å²) in [6.07, 6.45) is 3.21. The summed E-state index contributed by atoms with van der Waals surface area (Å²) in [5.74, 6) is 0.614. The Labute approximate surface area is 67.9 Å². The molecule has 3 atom stereocenters. The van der Waals surface area contributed by atoms with E-state index in [1.165, 1.54) is 0 Å². The fourth-order valence-electron chi connectivity index (χ4n) is 1.70. The van der Waals surface area contributed by atoms with Crippen LogP contribution >= 0.6 is 0 Å². The molecule has 1 nitrogen and oxygen atoms in total. The molecule has 0 radical (unpaired) electrons. The van der Waals surface area contributed by atoms with Crippen molar-refractivity contribution in [2.24, 2.45) is 5.92 Å². The quantitative estimate of drug-likeness (QED) is 0.603. The third-order valence-electron chi connectivity index (χ3n) is 2.52. The Hall–Kier alpha value is -0.110. The molecule has 0 spiro atoms. The zero-order valence-electron chi connectivity index (χ0n) is 7.35. The third-order valence-corrected chi connectivity index (χ3v) is 2.52. The van der Waals surface area contributed by atoms with Gasteiger partial charge in [-0.15, -0.1) is 0 Å². The molecule has 2 heteroatoms. The smallest absolute Gasteiger partial charge is 0.116 e. The van der Waals surface area contributed by atoms with Gasteiger partial charge in [0.1, 0.15) is 6.67 Å². The summed E-state index contributed by atoms with van der Waals surface area (Å²) in [5, 5.41) is 0. The van der Waals surface area contributed by atoms with Crippen molar-refractivity contribution in [2.45, 2.75) is 45.3 Å². The van der Waals surface area contributed by atoms with Crippen molar-refractivity contribution in [3.63, 3.8) is 0 Å². The lowest BCUT2D eigenvalue weighted by molar-refractivity contribution is -0.0870. The van der Waals surface area contributed by atoms with E-state index in [4.69, 9.17) is 4.74 Å². The Morgan fingerprint density at radius 2 is 2.18 bits per heavy atom. The molecular weight excluding hydrogens is 143 g/mol. The first-order chi connectivity index (χ1) is 5.27. The second-order valence-corrected chi connectivity index (χ2v) is 3.41. The van der Waals surface area contributed by atoms with E-state index in [0.717, 1.165) is 19.3 Å². The van der Waals surface area contributed by atoms with E-state index in [-0.39, 0.29) is 12.8 Å². The Kier molecular flexibility index (Phi) is 3.31. The van der Waals surface area contributed by atoms with Crippen molar-refractivity contribution in [3.05, 3.63) is 0 Å². The van der Waals surface area contributed by atoms with Crippen LogP contribution < -0.4 is 0 Å². The Balaban J connectivity index is 2.37. The summed E-state index contributed by atoms with van der Waals surface area (Å²) in [6, 6.07) is 0. The van der Waals surface area contributed by atoms with Crippen LogP contribution in [0.3, 0.4) is 0 Å². The molecule has 0 aromatic rings. The van der Waals surface area contributed by atoms with Gasteiger partial charge in [0.25, 0.3) is 0 Å². The summed E-state index contributed by atoms with van der Waals surface area (Å²) in [6.45, 7) is 3.97. The third kappa shape index (κ3) is 2.16. The van der Waals surface area contributed by atoms with Gasteiger partial charge in [-0.1, -0.05) is 13.8 Å². The maximum Gasteiger partial charge on any atom is 0.116 e. The first-order valence-corrected chi connectivity index (χ1v) is 4.49. The van der Waals surface area contributed by atoms with E-state index in [9.17, 15) is 4.39 Å². The summed E-state index contributed by atoms with van der Waals surface area (Å²) in [5.41, 5.74) is 0. The lowest BCUT2D eigenvalue weighted by Crippen LogP contribution is -2.34. The van der Waals surface area contributed by atoms with Gasteiger partial charge < -0.3 is 4.74 Å². The monoisotopic (exact) mass is 160 g/mol. The number of alkyl halides is 1. The van der Waals surface area contributed by atoms with E-state index in [1.54, 1.807) is 0 Å². The standard InChI is InChI=1S/C9H17FO/c1-3-9-7(2)4-5-8(6-10)11-9/h7-9H,3-6H2,1-2H3/t7-,8?,9-/m0/s1. The topological polar surface area (TPSA) is 9.23 Å². The molecule has 0 amide bonds. The minimum atomic E-state index is -0.316. The predicted octanol–water partition coefficient (Wildman–Crippen LogP) is 2.55. The molecule has 1 saturated heterocycles. The maximum absolute atomic E-state index is 12.2. The van der Waals surface area contributed by atoms with Gasteiger partial charge in [0.05, 0.1) is 12.2 Å². The number of rotatable bonds is 2. The highest BCUT2D eigenvalue weighted by molar-refractivity contribution is 4.74. The summed E-state index contributed by atoms with van der Waals surface area (Å²) < 4.78 is 17.7. The molecule has 0 aliphatic carbocycles. The van der Waals surface area contributed by atoms with Crippen LogP contribution in [0.5, 0.6) is 0 Å². The van der Waals surface area contributed by atoms with E-state index < -0.39 is 0 Å². The van der Waals surface area contributed by atoms with Crippen LogP contribution in [-0.2, 0) is 4.74 Å². The SMILES string of the molecule is CC[C@@H]1OC(CF)CC[C@@H]1C. The zero-order chi connectivity index (χ0) is 8.27. The molecule has 1 unspecified atom stereocenters. The summed E-state index contributed by atoms with van der Waals surface area (Å²) >= 11 is 0. The summed E-state index contributed by atoms with van der Waals surface area (Å²) in [4.78, 5) is 0. The number of halogens is 1. The largest absolute Gasteiger partial charge is 0.372 e. The van der Waals surface area contributed by atoms with Crippen molar-refractivity contribution < 1.29 is 9.13 Å². The van der Waals surface area contributed by atoms with Gasteiger partial charge in [0.2, 0.25) is 0 Å². The van der Waals surface area contributed by atoms with Gasteiger partial charge >= 0.3 is 0 Å². The Bertz CT molecular complexity index is 116. The average Bonchev–Trinajstić information content (AvgIpc) is 2.05. The normalized spacial score (nSPS) is 39.0. The van der Waals surface area contributed by atoms with E-state index in [0.29, 0.717) is 12.0 Å². The number of hydrogen-bond donors (Lipinski definition) is 0. The maximum atomic E-state index is 12.2. The molecule has 0 bridgehead atoms. The van der Waals surface area contributed by atoms with Crippen molar-refractivity contribution in [1.29, 1.82) is 0 Å². The van der Waals surface area contributed by atoms with Gasteiger partial charge in [-0.05, 0) is 25.2 Å². The molecule has 1 rings (SSSR count). The van der Waals surface area contributed by atoms with E-state index in [1.807, 2.05) is 0 Å². The van der Waals surface area contributed by atoms with Crippen LogP contribution in [0.4, 0.5) is 4.39 Å². The fraction of sp³-hybridized carbons (Fsp3) is 1.00. The minimum absolute atomic E-state index is 0.115. The molecule has 66 valence electrons. The summed E-state index contributed by atoms with van der Waals surface area (Å²) in [7, 11) is 0. The molecule has 0 aromatic carbocycles. The van der Waals surface area contributed by atoms with Crippen molar-refractivity contribution >= 4 is 0 Å². The van der Waals surface area contributed by atoms with Gasteiger partial charge in [-0.25, -0.2) is 4.39 Å². The van der Waals surface area contributed by atoms with Gasteiger partial charge in [0, 0.05) is 0 Å². The first kappa shape index (κ1) is 8.98. The molecular formula is C9H17FO. The van der Waals surface area contributed by atoms with Crippen LogP contribution in [-0.4, -0.2) is 18.9 Å². The molecule has 1 aliphatic rings. The van der Waals surface area contributed by atoms with E-state index in [2.05, 4.69) is 13.8 Å². The van der Waals surface area contributed by atoms with Crippen molar-refractivity contribution in [1.82, 2.24) is 0 Å². The molecule has 1 heterocycles. The Morgan fingerprint density at radius 1 is 1.45 bits per heavy atom. The average molecular weight is 160 g/mol. The van der Waals surface area contributed by atoms with Crippen molar-refractivity contribution in [2.75, 3.05) is 6.67 Å². The molecule has 11 heavy (non-hydrogen) atoms. The number of hydrogen-bond acceptors (Lipinski definition) is 1. The second kappa shape index (κ2) is 4.05. The van der Waals surface area contributed by atoms with Gasteiger partial charge in [0.15, 0.2) is 0 Å². The fourth-order valence-corrected chi connectivity index (χ4v) is 1.70. The predicted molar refractivity (Wildman–Crippen MR) is 43.3 cm³/mol. The van der Waals surface area contributed by atoms with E-state index >= 15 is 0 Å². The van der Waals surface area contributed by atoms with Crippen LogP contribution in [0, 0.1) is 5.92 Å². The zero-order valence-corrected chi connectivity index (χ0v) is 7.35. The highest BCUT2D eigenvalue weighted by Crippen LogP contribution is 2.26. The Morgan fingerprint density at radius 3 is 2.73 bits per heavy atom. The lowest BCUT2D eigenvalue weighted by atomic mass is 9.92. The second-order valence-electron chi connectivity index (χ2n) is 3.41. The highest BCUT2D eigenvalue weighted by atomic mass is 19.1. The van der Waals surface area contributed by atoms with Gasteiger partial charge in [-0.2, -0.15) is 0 Å². The van der Waals surface area contributed by atoms with Crippen LogP contribution in [0.15, 0.2) is 0 Å². The first-order valence-electron chi connectivity index (χ1n) is 4.49. The molecule has 0 aromatic heterocycles. The molecule has 0 N–H and O–H groups in total.